The van der Waals surface area contributed by atoms with Gasteiger partial charge >= 0.3 is 0 Å². The van der Waals surface area contributed by atoms with E-state index < -0.39 is 5.09 Å². The molecule has 0 unspecified atom stereocenters. The molecule has 5 heteroatoms. The van der Waals surface area contributed by atoms with Crippen molar-refractivity contribution in [1.29, 1.82) is 0 Å². The lowest BCUT2D eigenvalue weighted by molar-refractivity contribution is 0.553. The lowest BCUT2D eigenvalue weighted by Crippen LogP contribution is -1.58. The minimum atomic E-state index is -1.72. The highest BCUT2D eigenvalue weighted by molar-refractivity contribution is 6.43. The number of halogens is 5. The van der Waals surface area contributed by atoms with Crippen molar-refractivity contribution >= 4 is 46.4 Å². The van der Waals surface area contributed by atoms with E-state index >= 15 is 0 Å². The monoisotopic (exact) mass is 186 g/mol. The summed E-state index contributed by atoms with van der Waals surface area (Å²) < 4.78 is 10.5. The number of hydrogen-bond donors (Lipinski definition) is 0. The zero-order chi connectivity index (χ0) is 6.28. The van der Waals surface area contributed by atoms with E-state index in [0.29, 0.717) is 0 Å². The van der Waals surface area contributed by atoms with Crippen LogP contribution in [0.15, 0.2) is 0 Å². The van der Waals surface area contributed by atoms with Crippen molar-refractivity contribution in [3.63, 3.8) is 0 Å². The van der Waals surface area contributed by atoms with Crippen molar-refractivity contribution in [3.8, 4) is 0 Å². The molecular formula is C2H3Cl4F. The minimum Gasteiger partial charge on any atom is -0.212 e. The van der Waals surface area contributed by atoms with E-state index in [0.717, 1.165) is 0 Å². The third-order valence-corrected chi connectivity index (χ3v) is 0. The second-order valence-electron chi connectivity index (χ2n) is 0.348. The zero-order valence-corrected chi connectivity index (χ0v) is 6.20. The third-order valence-electron chi connectivity index (χ3n) is 0. The Morgan fingerprint density at radius 3 is 1.29 bits per heavy atom. The van der Waals surface area contributed by atoms with Gasteiger partial charge < -0.3 is 0 Å². The van der Waals surface area contributed by atoms with Crippen LogP contribution in [0.5, 0.6) is 0 Å². The molecule has 0 heterocycles. The van der Waals surface area contributed by atoms with E-state index in [2.05, 4.69) is 23.2 Å². The Labute approximate surface area is 61.5 Å². The molecule has 0 aromatic carbocycles. The van der Waals surface area contributed by atoms with Gasteiger partial charge in [-0.1, -0.05) is 23.2 Å². The Kier molecular flexibility index (Phi) is 15.9. The number of hydrogen-bond acceptors (Lipinski definition) is 0. The predicted molar refractivity (Wildman–Crippen MR) is 33.2 cm³/mol. The Bertz CT molecular complexity index is 20.9. The van der Waals surface area contributed by atoms with Crippen molar-refractivity contribution in [2.75, 3.05) is 5.34 Å². The van der Waals surface area contributed by atoms with E-state index in [4.69, 9.17) is 23.2 Å². The molecule has 0 bridgehead atoms. The van der Waals surface area contributed by atoms with Gasteiger partial charge in [-0.15, -0.1) is 23.2 Å². The Hall–Kier alpha value is 1.09. The topological polar surface area (TPSA) is 0 Å². The Morgan fingerprint density at radius 2 is 1.29 bits per heavy atom. The maximum absolute atomic E-state index is 10.5. The largest absolute Gasteiger partial charge is 0.247 e. The summed E-state index contributed by atoms with van der Waals surface area (Å²) in [5.74, 6) is 0. The van der Waals surface area contributed by atoms with Gasteiger partial charge in [0.15, 0.2) is 0 Å². The van der Waals surface area contributed by atoms with E-state index in [1.165, 1.54) is 0 Å². The zero-order valence-electron chi connectivity index (χ0n) is 3.17. The first kappa shape index (κ1) is 11.0. The molecule has 0 saturated heterocycles. The lowest BCUT2D eigenvalue weighted by atomic mass is 11.8. The highest BCUT2D eigenvalue weighted by atomic mass is 35.5. The molecule has 0 amide bonds. The fourth-order valence-electron chi connectivity index (χ4n) is 0. The highest BCUT2D eigenvalue weighted by Crippen LogP contribution is 1.98. The Morgan fingerprint density at radius 1 is 1.29 bits per heavy atom. The molecule has 0 fully saturated rings. The highest BCUT2D eigenvalue weighted by Gasteiger charge is 1.81. The summed E-state index contributed by atoms with van der Waals surface area (Å²) in [6.45, 7) is 0. The molecule has 0 saturated carbocycles. The molecule has 7 heavy (non-hydrogen) atoms. The second-order valence-corrected chi connectivity index (χ2v) is 2.15. The van der Waals surface area contributed by atoms with Crippen molar-refractivity contribution in [1.82, 2.24) is 0 Å². The van der Waals surface area contributed by atoms with Gasteiger partial charge in [0.05, 0.1) is 5.34 Å². The van der Waals surface area contributed by atoms with Gasteiger partial charge in [-0.05, 0) is 0 Å². The fourth-order valence-corrected chi connectivity index (χ4v) is 0. The van der Waals surface area contributed by atoms with Crippen LogP contribution in [0, 0.1) is 0 Å². The van der Waals surface area contributed by atoms with Crippen molar-refractivity contribution in [2.45, 2.75) is 5.09 Å². The SMILES string of the molecule is ClCCl.FC(Cl)Cl. The summed E-state index contributed by atoms with van der Waals surface area (Å²) in [4.78, 5) is 0. The van der Waals surface area contributed by atoms with Crippen LogP contribution in [0.3, 0.4) is 0 Å². The van der Waals surface area contributed by atoms with E-state index in [-0.39, 0.29) is 5.34 Å². The van der Waals surface area contributed by atoms with Gasteiger partial charge in [0.25, 0.3) is 0 Å². The van der Waals surface area contributed by atoms with Crippen LogP contribution in [-0.4, -0.2) is 10.4 Å². The number of rotatable bonds is 0. The summed E-state index contributed by atoms with van der Waals surface area (Å²) in [6.07, 6.45) is 0. The van der Waals surface area contributed by atoms with Crippen molar-refractivity contribution < 1.29 is 4.39 Å². The summed E-state index contributed by atoms with van der Waals surface area (Å²) in [5, 5.41) is -1.53. The summed E-state index contributed by atoms with van der Waals surface area (Å²) >= 11 is 18.3. The average molecular weight is 188 g/mol. The van der Waals surface area contributed by atoms with Crippen molar-refractivity contribution in [2.24, 2.45) is 0 Å². The standard InChI is InChI=1S/CHCl2F.CH2Cl2/c2-1(3)4;2-1-3/h1H;1H2. The second kappa shape index (κ2) is 10.1. The molecular weight excluding hydrogens is 185 g/mol. The summed E-state index contributed by atoms with van der Waals surface area (Å²) in [7, 11) is 0. The molecule has 0 aromatic rings. The van der Waals surface area contributed by atoms with Crippen LogP contribution in [0.2, 0.25) is 0 Å². The first-order chi connectivity index (χ1) is 3.15. The maximum Gasteiger partial charge on any atom is 0.247 e. The predicted octanol–water partition coefficient (Wildman–Crippen LogP) is 3.14. The van der Waals surface area contributed by atoms with Crippen LogP contribution in [0.1, 0.15) is 0 Å². The van der Waals surface area contributed by atoms with Gasteiger partial charge in [-0.3, -0.25) is 0 Å². The molecule has 0 radical (unpaired) electrons. The molecule has 46 valence electrons. The molecule has 0 rings (SSSR count). The summed E-state index contributed by atoms with van der Waals surface area (Å²) in [5.41, 5.74) is 0. The minimum absolute atomic E-state index is 0.194. The molecule has 0 spiro atoms. The van der Waals surface area contributed by atoms with Crippen molar-refractivity contribution in [3.05, 3.63) is 0 Å². The van der Waals surface area contributed by atoms with Crippen LogP contribution in [-0.2, 0) is 0 Å². The molecule has 0 aliphatic carbocycles. The van der Waals surface area contributed by atoms with Gasteiger partial charge in [0.2, 0.25) is 5.09 Å². The third kappa shape index (κ3) is 155. The molecule has 0 N–H and O–H groups in total. The van der Waals surface area contributed by atoms with Crippen LogP contribution < -0.4 is 0 Å². The maximum atomic E-state index is 10.5. The van der Waals surface area contributed by atoms with Gasteiger partial charge in [0.1, 0.15) is 0 Å². The molecule has 0 aliphatic heterocycles. The summed E-state index contributed by atoms with van der Waals surface area (Å²) in [6, 6.07) is 0. The van der Waals surface area contributed by atoms with Crippen LogP contribution in [0.4, 0.5) is 4.39 Å². The normalized spacial score (nSPS) is 7.71. The average Bonchev–Trinajstić information content (AvgIpc) is 1.33. The molecule has 0 atom stereocenters. The van der Waals surface area contributed by atoms with Gasteiger partial charge in [-0.2, -0.15) is 0 Å². The first-order valence-electron chi connectivity index (χ1n) is 1.19. The number of alkyl halides is 5. The fraction of sp³-hybridized carbons (Fsp3) is 1.00. The first-order valence-corrected chi connectivity index (χ1v) is 3.13. The molecule has 0 nitrogen and oxygen atoms in total. The molecule has 0 aromatic heterocycles. The molecule has 0 aliphatic rings. The van der Waals surface area contributed by atoms with Crippen LogP contribution >= 0.6 is 46.4 Å². The lowest BCUT2D eigenvalue weighted by Gasteiger charge is -1.68. The van der Waals surface area contributed by atoms with Gasteiger partial charge in [0, 0.05) is 0 Å². The van der Waals surface area contributed by atoms with E-state index in [1.807, 2.05) is 0 Å². The van der Waals surface area contributed by atoms with Gasteiger partial charge in [-0.25, -0.2) is 4.39 Å². The van der Waals surface area contributed by atoms with E-state index in [1.54, 1.807) is 0 Å². The quantitative estimate of drug-likeness (QED) is 0.512. The van der Waals surface area contributed by atoms with E-state index in [9.17, 15) is 4.39 Å². The Balaban J connectivity index is 0. The van der Waals surface area contributed by atoms with Crippen LogP contribution in [0.25, 0.3) is 0 Å². The smallest absolute Gasteiger partial charge is 0.212 e.